The topological polar surface area (TPSA) is 164 Å². The molecule has 0 bridgehead atoms. The second-order valence-corrected chi connectivity index (χ2v) is 7.05. The Labute approximate surface area is 168 Å². The average molecular weight is 405 g/mol. The first kappa shape index (κ1) is 28.5. The first-order chi connectivity index (χ1) is 13.3. The quantitative estimate of drug-likeness (QED) is 0.217. The van der Waals surface area contributed by atoms with E-state index in [2.05, 4.69) is 0 Å². The zero-order valence-electron chi connectivity index (χ0n) is 17.1. The van der Waals surface area contributed by atoms with E-state index in [1.807, 2.05) is 0 Å². The van der Waals surface area contributed by atoms with Crippen LogP contribution >= 0.6 is 0 Å². The van der Waals surface area contributed by atoms with Crippen LogP contribution in [-0.4, -0.2) is 45.8 Å². The Balaban J connectivity index is 0. The third-order valence-corrected chi connectivity index (χ3v) is 4.32. The van der Waals surface area contributed by atoms with Gasteiger partial charge < -0.3 is 26.8 Å². The van der Waals surface area contributed by atoms with Gasteiger partial charge in [0.15, 0.2) is 0 Å². The van der Waals surface area contributed by atoms with Gasteiger partial charge in [0.2, 0.25) is 0 Å². The number of carboxylic acids is 3. The zero-order valence-corrected chi connectivity index (χ0v) is 17.1. The fourth-order valence-corrected chi connectivity index (χ4v) is 2.60. The largest absolute Gasteiger partial charge is 0.481 e. The average Bonchev–Trinajstić information content (AvgIpc) is 2.62. The maximum absolute atomic E-state index is 10.3. The lowest BCUT2D eigenvalue weighted by atomic mass is 10.1. The molecule has 1 unspecified atom stereocenters. The SMILES string of the molecule is NCCCCC(N)C(=O)O.O=C(O)CCCCCCCCCCCCC(=O)O. The van der Waals surface area contributed by atoms with Crippen molar-refractivity contribution in [2.45, 2.75) is 102 Å². The lowest BCUT2D eigenvalue weighted by molar-refractivity contribution is -0.139. The lowest BCUT2D eigenvalue weighted by Gasteiger charge is -2.03. The number of carboxylic acid groups (broad SMARTS) is 3. The first-order valence-electron chi connectivity index (χ1n) is 10.4. The molecule has 0 aliphatic carbocycles. The molecule has 0 aliphatic rings. The van der Waals surface area contributed by atoms with Crippen molar-refractivity contribution < 1.29 is 29.7 Å². The molecule has 28 heavy (non-hydrogen) atoms. The minimum Gasteiger partial charge on any atom is -0.481 e. The lowest BCUT2D eigenvalue weighted by Crippen LogP contribution is -2.29. The van der Waals surface area contributed by atoms with Crippen molar-refractivity contribution in [2.75, 3.05) is 6.54 Å². The van der Waals surface area contributed by atoms with Crippen molar-refractivity contribution in [3.8, 4) is 0 Å². The summed E-state index contributed by atoms with van der Waals surface area (Å²) in [7, 11) is 0. The number of hydrogen-bond acceptors (Lipinski definition) is 5. The summed E-state index contributed by atoms with van der Waals surface area (Å²) in [5, 5.41) is 25.2. The van der Waals surface area contributed by atoms with E-state index in [1.165, 1.54) is 25.7 Å². The molecule has 0 fully saturated rings. The molecule has 0 radical (unpaired) electrons. The Bertz CT molecular complexity index is 380. The fourth-order valence-electron chi connectivity index (χ4n) is 2.60. The van der Waals surface area contributed by atoms with Gasteiger partial charge in [-0.1, -0.05) is 57.8 Å². The van der Waals surface area contributed by atoms with Gasteiger partial charge in [0.1, 0.15) is 6.04 Å². The van der Waals surface area contributed by atoms with Crippen LogP contribution in [0.3, 0.4) is 0 Å². The minimum absolute atomic E-state index is 0.295. The summed E-state index contributed by atoms with van der Waals surface area (Å²) in [6.07, 6.45) is 13.5. The van der Waals surface area contributed by atoms with Gasteiger partial charge in [-0.15, -0.1) is 0 Å². The summed E-state index contributed by atoms with van der Waals surface area (Å²) in [6.45, 7) is 0.604. The molecule has 8 nitrogen and oxygen atoms in total. The normalized spacial score (nSPS) is 11.4. The Morgan fingerprint density at radius 3 is 1.25 bits per heavy atom. The Morgan fingerprint density at radius 1 is 0.607 bits per heavy atom. The molecule has 0 spiro atoms. The molecule has 166 valence electrons. The van der Waals surface area contributed by atoms with Crippen LogP contribution in [-0.2, 0) is 14.4 Å². The second-order valence-electron chi connectivity index (χ2n) is 7.05. The highest BCUT2D eigenvalue weighted by Crippen LogP contribution is 2.11. The van der Waals surface area contributed by atoms with E-state index in [-0.39, 0.29) is 0 Å². The summed E-state index contributed by atoms with van der Waals surface area (Å²) < 4.78 is 0. The summed E-state index contributed by atoms with van der Waals surface area (Å²) in [5.74, 6) is -2.33. The summed E-state index contributed by atoms with van der Waals surface area (Å²) >= 11 is 0. The molecule has 1 atom stereocenters. The van der Waals surface area contributed by atoms with Gasteiger partial charge in [0.05, 0.1) is 0 Å². The number of carbonyl (C=O) groups is 3. The Hall–Kier alpha value is -1.67. The molecule has 0 rings (SSSR count). The molecule has 0 aromatic heterocycles. The maximum Gasteiger partial charge on any atom is 0.320 e. The van der Waals surface area contributed by atoms with Crippen molar-refractivity contribution in [2.24, 2.45) is 11.5 Å². The van der Waals surface area contributed by atoms with Crippen molar-refractivity contribution >= 4 is 17.9 Å². The van der Waals surface area contributed by atoms with Gasteiger partial charge in [-0.25, -0.2) is 0 Å². The van der Waals surface area contributed by atoms with Crippen LogP contribution in [0, 0.1) is 0 Å². The molecule has 0 saturated heterocycles. The monoisotopic (exact) mass is 404 g/mol. The van der Waals surface area contributed by atoms with Gasteiger partial charge in [-0.05, 0) is 32.2 Å². The van der Waals surface area contributed by atoms with Crippen molar-refractivity contribution in [3.63, 3.8) is 0 Å². The molecule has 8 heteroatoms. The molecule has 0 aliphatic heterocycles. The molecular weight excluding hydrogens is 364 g/mol. The van der Waals surface area contributed by atoms with E-state index >= 15 is 0 Å². The molecule has 7 N–H and O–H groups in total. The van der Waals surface area contributed by atoms with Gasteiger partial charge in [0.25, 0.3) is 0 Å². The number of nitrogens with two attached hydrogens (primary N) is 2. The number of rotatable bonds is 18. The highest BCUT2D eigenvalue weighted by molar-refractivity contribution is 5.72. The van der Waals surface area contributed by atoms with Gasteiger partial charge in [0, 0.05) is 12.8 Å². The van der Waals surface area contributed by atoms with E-state index < -0.39 is 23.9 Å². The smallest absolute Gasteiger partial charge is 0.320 e. The first-order valence-corrected chi connectivity index (χ1v) is 10.4. The second kappa shape index (κ2) is 21.6. The minimum atomic E-state index is -0.933. The highest BCUT2D eigenvalue weighted by Gasteiger charge is 2.09. The number of hydrogen-bond donors (Lipinski definition) is 5. The summed E-state index contributed by atoms with van der Waals surface area (Å²) in [5.41, 5.74) is 10.4. The van der Waals surface area contributed by atoms with E-state index in [0.717, 1.165) is 51.4 Å². The van der Waals surface area contributed by atoms with Gasteiger partial charge in [-0.3, -0.25) is 14.4 Å². The van der Waals surface area contributed by atoms with Crippen LogP contribution in [0.2, 0.25) is 0 Å². The number of unbranched alkanes of at least 4 members (excludes halogenated alkanes) is 10. The van der Waals surface area contributed by atoms with Crippen LogP contribution < -0.4 is 11.5 Å². The summed E-state index contributed by atoms with van der Waals surface area (Å²) in [4.78, 5) is 30.7. The van der Waals surface area contributed by atoms with Crippen LogP contribution in [0.25, 0.3) is 0 Å². The third-order valence-electron chi connectivity index (χ3n) is 4.32. The molecule has 0 saturated carbocycles. The zero-order chi connectivity index (χ0) is 21.6. The third kappa shape index (κ3) is 26.6. The predicted molar refractivity (Wildman–Crippen MR) is 109 cm³/mol. The van der Waals surface area contributed by atoms with E-state index in [4.69, 9.17) is 26.8 Å². The van der Waals surface area contributed by atoms with E-state index in [9.17, 15) is 14.4 Å². The molecule has 0 aromatic carbocycles. The van der Waals surface area contributed by atoms with Crippen LogP contribution in [0.5, 0.6) is 0 Å². The van der Waals surface area contributed by atoms with Crippen LogP contribution in [0.4, 0.5) is 0 Å². The molecule has 0 amide bonds. The Kier molecular flexibility index (Phi) is 22.0. The maximum atomic E-state index is 10.3. The van der Waals surface area contributed by atoms with E-state index in [1.54, 1.807) is 0 Å². The van der Waals surface area contributed by atoms with Crippen molar-refractivity contribution in [1.82, 2.24) is 0 Å². The van der Waals surface area contributed by atoms with Crippen molar-refractivity contribution in [3.05, 3.63) is 0 Å². The Morgan fingerprint density at radius 2 is 0.964 bits per heavy atom. The predicted octanol–water partition coefficient (Wildman–Crippen LogP) is 3.36. The summed E-state index contributed by atoms with van der Waals surface area (Å²) in [6, 6.07) is -0.716. The van der Waals surface area contributed by atoms with Gasteiger partial charge >= 0.3 is 17.9 Å². The molecule has 0 aromatic rings. The van der Waals surface area contributed by atoms with E-state index in [0.29, 0.717) is 25.8 Å². The highest BCUT2D eigenvalue weighted by atomic mass is 16.4. The van der Waals surface area contributed by atoms with Crippen molar-refractivity contribution in [1.29, 1.82) is 0 Å². The fraction of sp³-hybridized carbons (Fsp3) is 0.850. The van der Waals surface area contributed by atoms with Gasteiger partial charge in [-0.2, -0.15) is 0 Å². The van der Waals surface area contributed by atoms with Crippen LogP contribution in [0.1, 0.15) is 96.3 Å². The number of aliphatic carboxylic acids is 3. The standard InChI is InChI=1S/C14H26O4.C6H14N2O2/c15-13(16)11-9-7-5-3-1-2-4-6-8-10-12-14(17)18;7-4-2-1-3-5(8)6(9)10/h1-12H2,(H,15,16)(H,17,18);5H,1-4,7-8H2,(H,9,10). The molecule has 0 heterocycles. The molecular formula is C20H40N2O6. The van der Waals surface area contributed by atoms with Crippen LogP contribution in [0.15, 0.2) is 0 Å².